The van der Waals surface area contributed by atoms with E-state index in [1.807, 2.05) is 11.0 Å². The molecule has 0 saturated carbocycles. The van der Waals surface area contributed by atoms with Crippen LogP contribution < -0.4 is 5.73 Å². The quantitative estimate of drug-likeness (QED) is 0.800. The minimum Gasteiger partial charge on any atom is -0.371 e. The lowest BCUT2D eigenvalue weighted by Crippen LogP contribution is -2.38. The van der Waals surface area contributed by atoms with Crippen LogP contribution in [0.3, 0.4) is 0 Å². The molecule has 28 heavy (non-hydrogen) atoms. The molecule has 0 aromatic heterocycles. The number of hydrogen-bond acceptors (Lipinski definition) is 3. The van der Waals surface area contributed by atoms with Gasteiger partial charge in [0.2, 0.25) is 5.91 Å². The molecule has 1 fully saturated rings. The summed E-state index contributed by atoms with van der Waals surface area (Å²) < 4.78 is 58.1. The Balaban J connectivity index is 1.75. The van der Waals surface area contributed by atoms with Gasteiger partial charge in [0, 0.05) is 25.2 Å². The third-order valence-corrected chi connectivity index (χ3v) is 4.73. The van der Waals surface area contributed by atoms with Crippen molar-refractivity contribution < 1.29 is 27.1 Å². The first-order chi connectivity index (χ1) is 13.1. The first-order valence-electron chi connectivity index (χ1n) is 8.74. The number of aryl methyl sites for hydroxylation is 1. The molecular weight excluding hydrogens is 376 g/mol. The molecule has 150 valence electrons. The lowest BCUT2D eigenvalue weighted by Gasteiger charge is -2.33. The lowest BCUT2D eigenvalue weighted by atomic mass is 10.00. The second kappa shape index (κ2) is 7.89. The normalized spacial score (nSPS) is 18.2. The van der Waals surface area contributed by atoms with Gasteiger partial charge in [-0.3, -0.25) is 9.69 Å². The average molecular weight is 396 g/mol. The summed E-state index contributed by atoms with van der Waals surface area (Å²) in [5.74, 6) is -1.42. The van der Waals surface area contributed by atoms with Crippen molar-refractivity contribution in [1.82, 2.24) is 4.90 Å². The van der Waals surface area contributed by atoms with E-state index in [2.05, 4.69) is 0 Å². The molecule has 0 bridgehead atoms. The number of nitrogens with two attached hydrogens (primary N) is 1. The van der Waals surface area contributed by atoms with E-state index in [0.29, 0.717) is 31.3 Å². The summed E-state index contributed by atoms with van der Waals surface area (Å²) in [6.07, 6.45) is -4.89. The highest BCUT2D eigenvalue weighted by Crippen LogP contribution is 2.31. The highest BCUT2D eigenvalue weighted by Gasteiger charge is 2.31. The van der Waals surface area contributed by atoms with Crippen LogP contribution in [0.1, 0.15) is 38.7 Å². The van der Waals surface area contributed by atoms with Gasteiger partial charge in [-0.15, -0.1) is 0 Å². The van der Waals surface area contributed by atoms with Crippen LogP contribution in [0.4, 0.5) is 17.6 Å². The highest BCUT2D eigenvalue weighted by molar-refractivity contribution is 5.94. The summed E-state index contributed by atoms with van der Waals surface area (Å²) in [5, 5.41) is 0. The maximum absolute atomic E-state index is 13.6. The minimum absolute atomic E-state index is 0.180. The zero-order chi connectivity index (χ0) is 20.5. The molecule has 1 aliphatic rings. The van der Waals surface area contributed by atoms with Crippen molar-refractivity contribution in [1.29, 1.82) is 0 Å². The van der Waals surface area contributed by atoms with E-state index in [-0.39, 0.29) is 18.2 Å². The molecule has 1 heterocycles. The summed E-state index contributed by atoms with van der Waals surface area (Å²) in [4.78, 5) is 13.3. The summed E-state index contributed by atoms with van der Waals surface area (Å²) in [6, 6.07) is 7.79. The summed E-state index contributed by atoms with van der Waals surface area (Å²) in [6.45, 7) is 3.30. The topological polar surface area (TPSA) is 55.6 Å². The summed E-state index contributed by atoms with van der Waals surface area (Å²) in [5.41, 5.74) is 6.58. The van der Waals surface area contributed by atoms with Gasteiger partial charge >= 0.3 is 6.18 Å². The molecule has 1 saturated heterocycles. The van der Waals surface area contributed by atoms with Crippen LogP contribution in [0.15, 0.2) is 36.4 Å². The number of alkyl halides is 3. The van der Waals surface area contributed by atoms with E-state index in [4.69, 9.17) is 10.5 Å². The molecule has 1 atom stereocenters. The maximum atomic E-state index is 13.6. The Bertz CT molecular complexity index is 883. The molecule has 2 aromatic carbocycles. The minimum atomic E-state index is -4.59. The molecule has 0 spiro atoms. The number of nitrogens with zero attached hydrogens (tertiary/aromatic N) is 1. The Morgan fingerprint density at radius 2 is 2.00 bits per heavy atom. The fourth-order valence-corrected chi connectivity index (χ4v) is 3.37. The van der Waals surface area contributed by atoms with Crippen LogP contribution >= 0.6 is 0 Å². The number of morpholine rings is 1. The van der Waals surface area contributed by atoms with Crippen LogP contribution in [-0.4, -0.2) is 30.5 Å². The Labute approximate surface area is 159 Å². The third-order valence-electron chi connectivity index (χ3n) is 4.73. The number of rotatable bonds is 4. The van der Waals surface area contributed by atoms with E-state index < -0.39 is 23.5 Å². The molecule has 0 aliphatic carbocycles. The van der Waals surface area contributed by atoms with Crippen molar-refractivity contribution in [3.05, 3.63) is 70.0 Å². The second-order valence-corrected chi connectivity index (χ2v) is 6.88. The van der Waals surface area contributed by atoms with Crippen molar-refractivity contribution in [3.63, 3.8) is 0 Å². The molecule has 1 aliphatic heterocycles. The first-order valence-corrected chi connectivity index (χ1v) is 8.74. The number of primary amides is 1. The highest BCUT2D eigenvalue weighted by atomic mass is 19.4. The Hall–Kier alpha value is -2.45. The number of halogens is 4. The summed E-state index contributed by atoms with van der Waals surface area (Å²) in [7, 11) is 0. The van der Waals surface area contributed by atoms with E-state index in [1.165, 1.54) is 0 Å². The zero-order valence-electron chi connectivity index (χ0n) is 15.2. The molecule has 1 amide bonds. The SMILES string of the molecule is Cc1cc([C@@H]2CN(Cc3cc(F)cc(C(F)(F)F)c3)CCO2)ccc1C(N)=O. The van der Waals surface area contributed by atoms with Crippen LogP contribution in [0.5, 0.6) is 0 Å². The largest absolute Gasteiger partial charge is 0.416 e. The predicted molar refractivity (Wildman–Crippen MR) is 95.1 cm³/mol. The zero-order valence-corrected chi connectivity index (χ0v) is 15.2. The monoisotopic (exact) mass is 396 g/mol. The van der Waals surface area contributed by atoms with Gasteiger partial charge in [0.05, 0.1) is 18.3 Å². The van der Waals surface area contributed by atoms with Gasteiger partial charge in [-0.2, -0.15) is 13.2 Å². The Kier molecular flexibility index (Phi) is 5.71. The van der Waals surface area contributed by atoms with Crippen molar-refractivity contribution >= 4 is 5.91 Å². The smallest absolute Gasteiger partial charge is 0.371 e. The van der Waals surface area contributed by atoms with Crippen molar-refractivity contribution in [2.45, 2.75) is 25.7 Å². The van der Waals surface area contributed by atoms with E-state index in [9.17, 15) is 22.4 Å². The predicted octanol–water partition coefficient (Wildman–Crippen LogP) is 3.83. The lowest BCUT2D eigenvalue weighted by molar-refractivity contribution is -0.137. The van der Waals surface area contributed by atoms with Crippen LogP contribution in [0.25, 0.3) is 0 Å². The van der Waals surface area contributed by atoms with E-state index in [1.54, 1.807) is 19.1 Å². The fourth-order valence-electron chi connectivity index (χ4n) is 3.37. The standard InChI is InChI=1S/C20H20F4N2O2/c1-12-6-14(2-3-17(12)19(25)27)18-11-26(4-5-28-18)10-13-7-15(20(22,23)24)9-16(21)8-13/h2-3,6-9,18H,4-5,10-11H2,1H3,(H2,25,27)/t18-/m0/s1. The van der Waals surface area contributed by atoms with Crippen molar-refractivity contribution in [2.75, 3.05) is 19.7 Å². The Morgan fingerprint density at radius 1 is 1.25 bits per heavy atom. The van der Waals surface area contributed by atoms with Crippen LogP contribution in [0.2, 0.25) is 0 Å². The fraction of sp³-hybridized carbons (Fsp3) is 0.350. The van der Waals surface area contributed by atoms with E-state index >= 15 is 0 Å². The molecule has 8 heteroatoms. The van der Waals surface area contributed by atoms with Crippen LogP contribution in [0, 0.1) is 12.7 Å². The molecule has 2 aromatic rings. The number of amides is 1. The second-order valence-electron chi connectivity index (χ2n) is 6.88. The molecule has 4 nitrogen and oxygen atoms in total. The van der Waals surface area contributed by atoms with Gasteiger partial charge in [0.1, 0.15) is 5.82 Å². The van der Waals surface area contributed by atoms with Gasteiger partial charge in [-0.05, 0) is 47.9 Å². The van der Waals surface area contributed by atoms with E-state index in [0.717, 1.165) is 23.3 Å². The van der Waals surface area contributed by atoms with Gasteiger partial charge < -0.3 is 10.5 Å². The number of ether oxygens (including phenoxy) is 1. The molecule has 2 N–H and O–H groups in total. The molecule has 0 unspecified atom stereocenters. The number of carbonyl (C=O) groups excluding carboxylic acids is 1. The van der Waals surface area contributed by atoms with Gasteiger partial charge in [-0.25, -0.2) is 4.39 Å². The van der Waals surface area contributed by atoms with Crippen molar-refractivity contribution in [2.24, 2.45) is 5.73 Å². The number of benzene rings is 2. The molecule has 0 radical (unpaired) electrons. The van der Waals surface area contributed by atoms with Gasteiger partial charge in [0.15, 0.2) is 0 Å². The van der Waals surface area contributed by atoms with Crippen molar-refractivity contribution in [3.8, 4) is 0 Å². The number of carbonyl (C=O) groups is 1. The third kappa shape index (κ3) is 4.69. The maximum Gasteiger partial charge on any atom is 0.416 e. The number of hydrogen-bond donors (Lipinski definition) is 1. The molecular formula is C20H20F4N2O2. The molecule has 3 rings (SSSR count). The summed E-state index contributed by atoms with van der Waals surface area (Å²) >= 11 is 0. The Morgan fingerprint density at radius 3 is 2.64 bits per heavy atom. The first kappa shape index (κ1) is 20.3. The average Bonchev–Trinajstić information content (AvgIpc) is 2.60. The van der Waals surface area contributed by atoms with Gasteiger partial charge in [-0.1, -0.05) is 12.1 Å². The van der Waals surface area contributed by atoms with Gasteiger partial charge in [0.25, 0.3) is 0 Å². The van der Waals surface area contributed by atoms with Crippen LogP contribution in [-0.2, 0) is 17.5 Å².